The molecule has 28 heavy (non-hydrogen) atoms. The molecule has 144 valence electrons. The van der Waals surface area contributed by atoms with E-state index in [9.17, 15) is 4.79 Å². The van der Waals surface area contributed by atoms with Crippen molar-refractivity contribution >= 4 is 28.3 Å². The fourth-order valence-electron chi connectivity index (χ4n) is 2.75. The number of nitrogens with zero attached hydrogens (tertiary/aromatic N) is 3. The summed E-state index contributed by atoms with van der Waals surface area (Å²) in [5.41, 5.74) is 3.07. The third-order valence-electron chi connectivity index (χ3n) is 4.14. The molecular weight excluding hydrogens is 360 g/mol. The molecule has 2 N–H and O–H groups in total. The van der Waals surface area contributed by atoms with E-state index in [-0.39, 0.29) is 11.5 Å². The molecule has 0 saturated carbocycles. The van der Waals surface area contributed by atoms with Gasteiger partial charge in [-0.05, 0) is 31.2 Å². The number of carbonyl (C=O) groups excluding carboxylic acids is 1. The number of carbonyl (C=O) groups is 1. The van der Waals surface area contributed by atoms with Crippen molar-refractivity contribution in [3.63, 3.8) is 0 Å². The highest BCUT2D eigenvalue weighted by molar-refractivity contribution is 5.92. The van der Waals surface area contributed by atoms with Crippen LogP contribution in [0.1, 0.15) is 5.82 Å². The molecule has 0 aliphatic rings. The topological polar surface area (TPSA) is 96.8 Å². The molecular formula is C20H20N4O4. The second-order valence-electron chi connectivity index (χ2n) is 5.97. The van der Waals surface area contributed by atoms with Gasteiger partial charge in [0.1, 0.15) is 11.6 Å². The number of nitrogens with one attached hydrogen (secondary N) is 1. The number of rotatable bonds is 6. The SMILES string of the molecule is C=C(Oc1cc(N(C)c2nc(C)nc3ccccc23)ccc1OC)C(=O)NO. The second kappa shape index (κ2) is 7.93. The van der Waals surface area contributed by atoms with Gasteiger partial charge in [-0.2, -0.15) is 0 Å². The van der Waals surface area contributed by atoms with Gasteiger partial charge in [-0.1, -0.05) is 18.7 Å². The third kappa shape index (κ3) is 3.72. The number of ether oxygens (including phenoxy) is 2. The van der Waals surface area contributed by atoms with Crippen LogP contribution in [0.15, 0.2) is 54.8 Å². The first kappa shape index (κ1) is 19.1. The number of benzene rings is 2. The maximum atomic E-state index is 11.5. The van der Waals surface area contributed by atoms with Crippen molar-refractivity contribution in [2.45, 2.75) is 6.92 Å². The number of amides is 1. The molecule has 0 spiro atoms. The van der Waals surface area contributed by atoms with Crippen molar-refractivity contribution in [3.05, 3.63) is 60.6 Å². The number of hydroxylamine groups is 1. The van der Waals surface area contributed by atoms with E-state index in [1.165, 1.54) is 12.6 Å². The van der Waals surface area contributed by atoms with Gasteiger partial charge in [0, 0.05) is 24.2 Å². The normalized spacial score (nSPS) is 10.4. The monoisotopic (exact) mass is 380 g/mol. The first-order valence-electron chi connectivity index (χ1n) is 8.41. The Hall–Kier alpha value is -3.65. The van der Waals surface area contributed by atoms with Crippen molar-refractivity contribution in [3.8, 4) is 11.5 Å². The predicted molar refractivity (Wildman–Crippen MR) is 105 cm³/mol. The summed E-state index contributed by atoms with van der Waals surface area (Å²) in [4.78, 5) is 22.4. The van der Waals surface area contributed by atoms with Gasteiger partial charge in [0.15, 0.2) is 17.3 Å². The van der Waals surface area contributed by atoms with E-state index < -0.39 is 5.91 Å². The number of aromatic nitrogens is 2. The van der Waals surface area contributed by atoms with Crippen LogP contribution in [0.25, 0.3) is 10.9 Å². The lowest BCUT2D eigenvalue weighted by atomic mass is 10.2. The second-order valence-corrected chi connectivity index (χ2v) is 5.97. The fraction of sp³-hybridized carbons (Fsp3) is 0.150. The van der Waals surface area contributed by atoms with Crippen LogP contribution < -0.4 is 19.9 Å². The minimum absolute atomic E-state index is 0.274. The van der Waals surface area contributed by atoms with Crippen LogP contribution in [0.4, 0.5) is 11.5 Å². The summed E-state index contributed by atoms with van der Waals surface area (Å²) in [6.45, 7) is 5.33. The number of para-hydroxylation sites is 1. The molecule has 1 aromatic heterocycles. The lowest BCUT2D eigenvalue weighted by molar-refractivity contribution is -0.127. The highest BCUT2D eigenvalue weighted by atomic mass is 16.5. The number of hydrogen-bond donors (Lipinski definition) is 2. The van der Waals surface area contributed by atoms with E-state index in [1.54, 1.807) is 12.1 Å². The standard InChI is InChI=1S/C20H20N4O4/c1-12(20(25)23-26)28-18-11-14(9-10-17(18)27-4)24(3)19-15-7-5-6-8-16(15)21-13(2)22-19/h5-11,26H,1H2,2-4H3,(H,23,25). The molecule has 8 nitrogen and oxygen atoms in total. The predicted octanol–water partition coefficient (Wildman–Crippen LogP) is 3.11. The quantitative estimate of drug-likeness (QED) is 0.293. The molecule has 0 unspecified atom stereocenters. The van der Waals surface area contributed by atoms with Gasteiger partial charge >= 0.3 is 5.91 Å². The van der Waals surface area contributed by atoms with Gasteiger partial charge < -0.3 is 14.4 Å². The Morgan fingerprint density at radius 1 is 1.18 bits per heavy atom. The smallest absolute Gasteiger partial charge is 0.309 e. The summed E-state index contributed by atoms with van der Waals surface area (Å²) < 4.78 is 10.8. The van der Waals surface area contributed by atoms with Gasteiger partial charge in [0.25, 0.3) is 0 Å². The lowest BCUT2D eigenvalue weighted by Gasteiger charge is -2.22. The Morgan fingerprint density at radius 2 is 1.93 bits per heavy atom. The molecule has 0 atom stereocenters. The highest BCUT2D eigenvalue weighted by Gasteiger charge is 2.16. The summed E-state index contributed by atoms with van der Waals surface area (Å²) in [6, 6.07) is 13.0. The molecule has 0 radical (unpaired) electrons. The summed E-state index contributed by atoms with van der Waals surface area (Å²) >= 11 is 0. The summed E-state index contributed by atoms with van der Waals surface area (Å²) in [5.74, 6) is 0.940. The van der Waals surface area contributed by atoms with Gasteiger partial charge in [0.2, 0.25) is 0 Å². The Labute approximate surface area is 162 Å². The molecule has 0 aliphatic carbocycles. The van der Waals surface area contributed by atoms with Gasteiger partial charge in [-0.3, -0.25) is 10.0 Å². The molecule has 0 fully saturated rings. The minimum atomic E-state index is -0.849. The average Bonchev–Trinajstić information content (AvgIpc) is 2.71. The molecule has 0 bridgehead atoms. The van der Waals surface area contributed by atoms with E-state index in [4.69, 9.17) is 14.7 Å². The average molecular weight is 380 g/mol. The van der Waals surface area contributed by atoms with Crippen LogP contribution in [-0.2, 0) is 4.79 Å². The van der Waals surface area contributed by atoms with Crippen molar-refractivity contribution in [1.82, 2.24) is 15.4 Å². The Balaban J connectivity index is 2.03. The van der Waals surface area contributed by atoms with Crippen molar-refractivity contribution in [2.75, 3.05) is 19.1 Å². The van der Waals surface area contributed by atoms with Gasteiger partial charge in [-0.15, -0.1) is 0 Å². The summed E-state index contributed by atoms with van der Waals surface area (Å²) in [6.07, 6.45) is 0. The number of anilines is 2. The van der Waals surface area contributed by atoms with Crippen LogP contribution in [-0.4, -0.2) is 35.2 Å². The molecule has 0 aliphatic heterocycles. The van der Waals surface area contributed by atoms with E-state index >= 15 is 0 Å². The van der Waals surface area contributed by atoms with Crippen LogP contribution in [0.3, 0.4) is 0 Å². The van der Waals surface area contributed by atoms with Gasteiger partial charge in [-0.25, -0.2) is 15.4 Å². The Bertz CT molecular complexity index is 1050. The molecule has 1 heterocycles. The number of aryl methyl sites for hydroxylation is 1. The van der Waals surface area contributed by atoms with Crippen LogP contribution in [0.2, 0.25) is 0 Å². The fourth-order valence-corrected chi connectivity index (χ4v) is 2.75. The van der Waals surface area contributed by atoms with Crippen LogP contribution in [0.5, 0.6) is 11.5 Å². The molecule has 1 amide bonds. The third-order valence-corrected chi connectivity index (χ3v) is 4.14. The van der Waals surface area contributed by atoms with Crippen LogP contribution in [0, 0.1) is 6.92 Å². The molecule has 3 rings (SSSR count). The maximum Gasteiger partial charge on any atom is 0.309 e. The Morgan fingerprint density at radius 3 is 2.64 bits per heavy atom. The molecule has 0 saturated heterocycles. The maximum absolute atomic E-state index is 11.5. The highest BCUT2D eigenvalue weighted by Crippen LogP contribution is 2.36. The first-order valence-corrected chi connectivity index (χ1v) is 8.41. The van der Waals surface area contributed by atoms with Crippen molar-refractivity contribution in [1.29, 1.82) is 0 Å². The van der Waals surface area contributed by atoms with Crippen LogP contribution >= 0.6 is 0 Å². The van der Waals surface area contributed by atoms with E-state index in [0.717, 1.165) is 22.4 Å². The zero-order chi connectivity index (χ0) is 20.3. The summed E-state index contributed by atoms with van der Waals surface area (Å²) in [7, 11) is 3.36. The van der Waals surface area contributed by atoms with Crippen molar-refractivity contribution in [2.24, 2.45) is 0 Å². The zero-order valence-electron chi connectivity index (χ0n) is 15.8. The zero-order valence-corrected chi connectivity index (χ0v) is 15.8. The minimum Gasteiger partial charge on any atom is -0.493 e. The first-order chi connectivity index (χ1) is 13.4. The molecule has 8 heteroatoms. The van der Waals surface area contributed by atoms with Gasteiger partial charge in [0.05, 0.1) is 12.6 Å². The largest absolute Gasteiger partial charge is 0.493 e. The number of methoxy groups -OCH3 is 1. The van der Waals surface area contributed by atoms with E-state index in [0.29, 0.717) is 11.6 Å². The molecule has 2 aromatic carbocycles. The van der Waals surface area contributed by atoms with Crippen molar-refractivity contribution < 1.29 is 19.5 Å². The van der Waals surface area contributed by atoms with E-state index in [2.05, 4.69) is 16.5 Å². The molecule has 3 aromatic rings. The number of fused-ring (bicyclic) bond motifs is 1. The summed E-state index contributed by atoms with van der Waals surface area (Å²) in [5, 5.41) is 9.63. The van der Waals surface area contributed by atoms with E-state index in [1.807, 2.05) is 49.2 Å². The Kier molecular flexibility index (Phi) is 5.42. The number of hydrogen-bond acceptors (Lipinski definition) is 7. The lowest BCUT2D eigenvalue weighted by Crippen LogP contribution is -2.23.